The number of hydrogen-bond donors (Lipinski definition) is 2. The molecule has 0 atom stereocenters. The van der Waals surface area contributed by atoms with Gasteiger partial charge in [-0.15, -0.1) is 0 Å². The highest BCUT2D eigenvalue weighted by Gasteiger charge is 2.15. The molecule has 0 saturated heterocycles. The van der Waals surface area contributed by atoms with E-state index in [1.54, 1.807) is 19.1 Å². The number of sulfonamides is 1. The van der Waals surface area contributed by atoms with Crippen molar-refractivity contribution < 1.29 is 26.7 Å². The average molecular weight is 467 g/mol. The summed E-state index contributed by atoms with van der Waals surface area (Å²) in [6, 6.07) is 13.2. The van der Waals surface area contributed by atoms with Crippen LogP contribution in [0.2, 0.25) is 5.02 Å². The van der Waals surface area contributed by atoms with Crippen molar-refractivity contribution in [2.45, 2.75) is 11.8 Å². The number of aryl methyl sites for hydroxylation is 1. The summed E-state index contributed by atoms with van der Waals surface area (Å²) in [5.41, 5.74) is 1.22. The Labute approximate surface area is 182 Å². The van der Waals surface area contributed by atoms with E-state index in [0.29, 0.717) is 10.7 Å². The van der Waals surface area contributed by atoms with Gasteiger partial charge in [0.25, 0.3) is 15.9 Å². The molecule has 3 rings (SSSR count). The molecule has 3 aromatic rings. The standard InChI is InChI=1S/C21H17ClF2N2O4S/c1-13-2-3-15(10-18(13)22)26-31(28,29)17-7-5-16(6-8-17)30-12-21(27)25-14-4-9-19(23)20(24)11-14/h2-11,26H,12H2,1H3,(H,25,27). The Bertz CT molecular complexity index is 1220. The fourth-order valence-corrected chi connectivity index (χ4v) is 3.74. The number of benzene rings is 3. The molecule has 0 bridgehead atoms. The molecule has 0 aromatic heterocycles. The Morgan fingerprint density at radius 3 is 2.29 bits per heavy atom. The first kappa shape index (κ1) is 22.5. The van der Waals surface area contributed by atoms with E-state index >= 15 is 0 Å². The molecule has 0 aliphatic heterocycles. The van der Waals surface area contributed by atoms with Crippen LogP contribution in [0.4, 0.5) is 20.2 Å². The minimum absolute atomic E-state index is 0.0113. The fourth-order valence-electron chi connectivity index (χ4n) is 2.51. The van der Waals surface area contributed by atoms with Crippen molar-refractivity contribution in [2.75, 3.05) is 16.6 Å². The third-order valence-corrected chi connectivity index (χ3v) is 5.94. The molecular weight excluding hydrogens is 450 g/mol. The van der Waals surface area contributed by atoms with Gasteiger partial charge in [-0.05, 0) is 61.0 Å². The predicted molar refractivity (Wildman–Crippen MR) is 114 cm³/mol. The van der Waals surface area contributed by atoms with Crippen molar-refractivity contribution in [3.8, 4) is 5.75 Å². The van der Waals surface area contributed by atoms with Gasteiger partial charge in [-0.1, -0.05) is 17.7 Å². The van der Waals surface area contributed by atoms with Gasteiger partial charge < -0.3 is 10.1 Å². The molecule has 0 heterocycles. The van der Waals surface area contributed by atoms with Crippen molar-refractivity contribution in [1.29, 1.82) is 0 Å². The number of carbonyl (C=O) groups is 1. The van der Waals surface area contributed by atoms with E-state index in [4.69, 9.17) is 16.3 Å². The zero-order chi connectivity index (χ0) is 22.6. The monoisotopic (exact) mass is 466 g/mol. The molecule has 0 unspecified atom stereocenters. The molecule has 0 spiro atoms. The van der Waals surface area contributed by atoms with Gasteiger partial charge in [0.05, 0.1) is 10.6 Å². The number of nitrogens with one attached hydrogen (secondary N) is 2. The molecule has 1 amide bonds. The summed E-state index contributed by atoms with van der Waals surface area (Å²) in [6.45, 7) is 1.39. The molecular formula is C21H17ClF2N2O4S. The number of anilines is 2. The molecule has 31 heavy (non-hydrogen) atoms. The summed E-state index contributed by atoms with van der Waals surface area (Å²) in [5.74, 6) is -2.46. The van der Waals surface area contributed by atoms with Crippen LogP contribution < -0.4 is 14.8 Å². The Morgan fingerprint density at radius 1 is 0.968 bits per heavy atom. The second-order valence-electron chi connectivity index (χ2n) is 6.51. The van der Waals surface area contributed by atoms with Gasteiger partial charge in [0, 0.05) is 16.8 Å². The van der Waals surface area contributed by atoms with Crippen molar-refractivity contribution in [2.24, 2.45) is 0 Å². The minimum atomic E-state index is -3.85. The van der Waals surface area contributed by atoms with Crippen molar-refractivity contribution >= 4 is 38.9 Å². The first-order valence-electron chi connectivity index (χ1n) is 8.91. The van der Waals surface area contributed by atoms with E-state index in [0.717, 1.165) is 17.7 Å². The number of hydrogen-bond acceptors (Lipinski definition) is 4. The van der Waals surface area contributed by atoms with Crippen LogP contribution in [0.1, 0.15) is 5.56 Å². The molecule has 0 aliphatic carbocycles. The second-order valence-corrected chi connectivity index (χ2v) is 8.60. The molecule has 10 heteroatoms. The van der Waals surface area contributed by atoms with Gasteiger partial charge in [-0.25, -0.2) is 17.2 Å². The highest BCUT2D eigenvalue weighted by Crippen LogP contribution is 2.23. The summed E-state index contributed by atoms with van der Waals surface area (Å²) >= 11 is 6.02. The fraction of sp³-hybridized carbons (Fsp3) is 0.0952. The second kappa shape index (κ2) is 9.32. The molecule has 0 saturated carbocycles. The highest BCUT2D eigenvalue weighted by atomic mass is 35.5. The predicted octanol–water partition coefficient (Wildman–Crippen LogP) is 4.74. The van der Waals surface area contributed by atoms with E-state index in [1.165, 1.54) is 36.4 Å². The van der Waals surface area contributed by atoms with Gasteiger partial charge in [0.15, 0.2) is 18.2 Å². The lowest BCUT2D eigenvalue weighted by molar-refractivity contribution is -0.118. The van der Waals surface area contributed by atoms with E-state index in [1.807, 2.05) is 0 Å². The van der Waals surface area contributed by atoms with Gasteiger partial charge >= 0.3 is 0 Å². The Hall–Kier alpha value is -3.17. The smallest absolute Gasteiger partial charge is 0.262 e. The first-order chi connectivity index (χ1) is 14.6. The summed E-state index contributed by atoms with van der Waals surface area (Å²) in [7, 11) is -3.85. The van der Waals surface area contributed by atoms with Crippen LogP contribution in [0.5, 0.6) is 5.75 Å². The first-order valence-corrected chi connectivity index (χ1v) is 10.8. The van der Waals surface area contributed by atoms with Crippen LogP contribution in [0, 0.1) is 18.6 Å². The lowest BCUT2D eigenvalue weighted by Crippen LogP contribution is -2.20. The third-order valence-electron chi connectivity index (χ3n) is 4.13. The normalized spacial score (nSPS) is 11.1. The van der Waals surface area contributed by atoms with Gasteiger partial charge in [0.1, 0.15) is 5.75 Å². The Morgan fingerprint density at radius 2 is 1.65 bits per heavy atom. The summed E-state index contributed by atoms with van der Waals surface area (Å²) < 4.78 is 58.8. The Balaban J connectivity index is 1.59. The molecule has 2 N–H and O–H groups in total. The summed E-state index contributed by atoms with van der Waals surface area (Å²) in [4.78, 5) is 11.9. The molecule has 0 radical (unpaired) electrons. The van der Waals surface area contributed by atoms with E-state index < -0.39 is 34.2 Å². The largest absolute Gasteiger partial charge is 0.484 e. The topological polar surface area (TPSA) is 84.5 Å². The minimum Gasteiger partial charge on any atom is -0.484 e. The molecule has 0 aliphatic rings. The van der Waals surface area contributed by atoms with Crippen LogP contribution >= 0.6 is 11.6 Å². The maximum Gasteiger partial charge on any atom is 0.262 e. The number of rotatable bonds is 7. The maximum absolute atomic E-state index is 13.2. The zero-order valence-corrected chi connectivity index (χ0v) is 17.7. The van der Waals surface area contributed by atoms with Crippen molar-refractivity contribution in [3.05, 3.63) is 82.9 Å². The Kier molecular flexibility index (Phi) is 6.77. The average Bonchev–Trinajstić information content (AvgIpc) is 2.72. The SMILES string of the molecule is Cc1ccc(NS(=O)(=O)c2ccc(OCC(=O)Nc3ccc(F)c(F)c3)cc2)cc1Cl. The molecule has 6 nitrogen and oxygen atoms in total. The van der Waals surface area contributed by atoms with Crippen LogP contribution in [0.15, 0.2) is 65.6 Å². The van der Waals surface area contributed by atoms with E-state index in [2.05, 4.69) is 10.0 Å². The lowest BCUT2D eigenvalue weighted by atomic mass is 10.2. The maximum atomic E-state index is 13.2. The quantitative estimate of drug-likeness (QED) is 0.526. The number of halogens is 3. The van der Waals surface area contributed by atoms with Gasteiger partial charge in [-0.2, -0.15) is 0 Å². The zero-order valence-electron chi connectivity index (χ0n) is 16.2. The summed E-state index contributed by atoms with van der Waals surface area (Å²) in [6.07, 6.45) is 0. The van der Waals surface area contributed by atoms with Gasteiger partial charge in [0.2, 0.25) is 0 Å². The van der Waals surface area contributed by atoms with Gasteiger partial charge in [-0.3, -0.25) is 9.52 Å². The number of ether oxygens (including phenoxy) is 1. The van der Waals surface area contributed by atoms with Crippen molar-refractivity contribution in [1.82, 2.24) is 0 Å². The van der Waals surface area contributed by atoms with Crippen LogP contribution in [-0.2, 0) is 14.8 Å². The number of carbonyl (C=O) groups excluding carboxylic acids is 1. The molecule has 162 valence electrons. The highest BCUT2D eigenvalue weighted by molar-refractivity contribution is 7.92. The molecule has 0 fully saturated rings. The summed E-state index contributed by atoms with van der Waals surface area (Å²) in [5, 5.41) is 2.80. The number of amides is 1. The van der Waals surface area contributed by atoms with E-state index in [-0.39, 0.29) is 16.3 Å². The lowest BCUT2D eigenvalue weighted by Gasteiger charge is -2.11. The molecule has 3 aromatic carbocycles. The van der Waals surface area contributed by atoms with Crippen LogP contribution in [0.25, 0.3) is 0 Å². The van der Waals surface area contributed by atoms with Crippen LogP contribution in [-0.4, -0.2) is 20.9 Å². The third kappa shape index (κ3) is 5.93. The van der Waals surface area contributed by atoms with Crippen molar-refractivity contribution in [3.63, 3.8) is 0 Å². The van der Waals surface area contributed by atoms with E-state index in [9.17, 15) is 22.0 Å². The van der Waals surface area contributed by atoms with Crippen LogP contribution in [0.3, 0.4) is 0 Å².